The van der Waals surface area contributed by atoms with Gasteiger partial charge in [-0.15, -0.1) is 0 Å². The second kappa shape index (κ2) is 49.6. The number of aldehydes is 2. The van der Waals surface area contributed by atoms with Crippen LogP contribution in [0.2, 0.25) is 0 Å². The first-order chi connectivity index (χ1) is 30.2. The Balaban J connectivity index is 0. The zero-order valence-corrected chi connectivity index (χ0v) is 43.4. The van der Waals surface area contributed by atoms with Gasteiger partial charge >= 0.3 is 0 Å². The molecule has 0 aromatic rings. The first-order valence-corrected chi connectivity index (χ1v) is 27.1. The Morgan fingerprint density at radius 1 is 0.548 bits per heavy atom. The molecule has 0 saturated carbocycles. The minimum absolute atomic E-state index is 0.253. The summed E-state index contributed by atoms with van der Waals surface area (Å²) in [7, 11) is 5.79. The molecule has 0 N–H and O–H groups in total. The van der Waals surface area contributed by atoms with Crippen LogP contribution in [-0.2, 0) is 28.5 Å². The van der Waals surface area contributed by atoms with Crippen molar-refractivity contribution < 1.29 is 28.5 Å². The molecule has 372 valence electrons. The Morgan fingerprint density at radius 3 is 1.23 bits per heavy atom. The van der Waals surface area contributed by atoms with Gasteiger partial charge in [-0.2, -0.15) is 0 Å². The molecule has 1 heterocycles. The van der Waals surface area contributed by atoms with E-state index in [0.717, 1.165) is 71.0 Å². The summed E-state index contributed by atoms with van der Waals surface area (Å²) < 4.78 is 23.4. The van der Waals surface area contributed by atoms with Crippen LogP contribution in [0.5, 0.6) is 0 Å². The zero-order valence-electron chi connectivity index (χ0n) is 43.4. The standard InChI is InChI=1S/C29H59NO4.2C13H26O/c1-27(2)30(3)23-20-28-26-33-29(34-28,21-16-12-8-6-10-14-18-24-31-4)22-17-13-9-7-11-15-19-25-32-5;2*1-3-5-7-9-13(11-12-14)10-8-6-4-2/h27-28H,6-26H2,1-5H3;2*12-13H,3-11H2,1-2H3. The second-order valence-corrected chi connectivity index (χ2v) is 19.3. The Kier molecular flexibility index (Phi) is 50.6. The molecule has 1 aliphatic heterocycles. The van der Waals surface area contributed by atoms with E-state index in [-0.39, 0.29) is 11.9 Å². The maximum absolute atomic E-state index is 10.5. The van der Waals surface area contributed by atoms with E-state index in [4.69, 9.17) is 18.9 Å². The van der Waals surface area contributed by atoms with Crippen LogP contribution >= 0.6 is 0 Å². The molecule has 0 spiro atoms. The maximum Gasteiger partial charge on any atom is 0.168 e. The van der Waals surface area contributed by atoms with Crippen molar-refractivity contribution >= 4 is 12.6 Å². The second-order valence-electron chi connectivity index (χ2n) is 19.3. The molecule has 0 aliphatic carbocycles. The smallest absolute Gasteiger partial charge is 0.168 e. The molecule has 1 unspecified atom stereocenters. The zero-order chi connectivity index (χ0) is 46.2. The maximum atomic E-state index is 10.5. The lowest BCUT2D eigenvalue weighted by molar-refractivity contribution is -0.180. The predicted molar refractivity (Wildman–Crippen MR) is 268 cm³/mol. The van der Waals surface area contributed by atoms with Crippen LogP contribution < -0.4 is 0 Å². The van der Waals surface area contributed by atoms with Gasteiger partial charge in [0.15, 0.2) is 5.79 Å². The van der Waals surface area contributed by atoms with Crippen molar-refractivity contribution in [1.82, 2.24) is 4.90 Å². The topological polar surface area (TPSA) is 74.3 Å². The fraction of sp³-hybridized carbons (Fsp3) is 0.964. The van der Waals surface area contributed by atoms with Gasteiger partial charge in [0.05, 0.1) is 12.7 Å². The number of hydrogen-bond acceptors (Lipinski definition) is 7. The number of ether oxygens (including phenoxy) is 4. The minimum atomic E-state index is -0.321. The third-order valence-electron chi connectivity index (χ3n) is 13.1. The van der Waals surface area contributed by atoms with Gasteiger partial charge in [0.1, 0.15) is 12.6 Å². The van der Waals surface area contributed by atoms with Gasteiger partial charge in [-0.05, 0) is 64.8 Å². The molecule has 0 aromatic carbocycles. The summed E-state index contributed by atoms with van der Waals surface area (Å²) in [6.07, 6.45) is 45.9. The molecule has 7 heteroatoms. The Labute approximate surface area is 388 Å². The van der Waals surface area contributed by atoms with Crippen molar-refractivity contribution in [2.75, 3.05) is 47.6 Å². The molecule has 0 radical (unpaired) electrons. The van der Waals surface area contributed by atoms with Crippen LogP contribution in [0.1, 0.15) is 266 Å². The summed E-state index contributed by atoms with van der Waals surface area (Å²) in [4.78, 5) is 23.4. The average molecular weight is 882 g/mol. The van der Waals surface area contributed by atoms with Gasteiger partial charge < -0.3 is 33.4 Å². The van der Waals surface area contributed by atoms with Gasteiger partial charge in [-0.25, -0.2) is 0 Å². The summed E-state index contributed by atoms with van der Waals surface area (Å²) in [5.74, 6) is 1.02. The van der Waals surface area contributed by atoms with Gasteiger partial charge in [-0.1, -0.05) is 195 Å². The number of rotatable bonds is 44. The number of methoxy groups -OCH3 is 2. The van der Waals surface area contributed by atoms with E-state index in [1.165, 1.54) is 193 Å². The quantitative estimate of drug-likeness (QED) is 0.0446. The summed E-state index contributed by atoms with van der Waals surface area (Å²) >= 11 is 0. The molecule has 0 aromatic heterocycles. The summed E-state index contributed by atoms with van der Waals surface area (Å²) in [5, 5.41) is 0. The van der Waals surface area contributed by atoms with E-state index >= 15 is 0 Å². The van der Waals surface area contributed by atoms with Crippen molar-refractivity contribution in [3.8, 4) is 0 Å². The minimum Gasteiger partial charge on any atom is -0.385 e. The molecule has 1 aliphatic rings. The third kappa shape index (κ3) is 41.8. The first kappa shape index (κ1) is 63.2. The molecule has 1 atom stereocenters. The molecule has 0 amide bonds. The van der Waals surface area contributed by atoms with Gasteiger partial charge in [0, 0.05) is 65.7 Å². The molecular weight excluding hydrogens is 771 g/mol. The fourth-order valence-corrected chi connectivity index (χ4v) is 8.57. The molecule has 1 saturated heterocycles. The van der Waals surface area contributed by atoms with Crippen molar-refractivity contribution in [2.24, 2.45) is 11.8 Å². The fourth-order valence-electron chi connectivity index (χ4n) is 8.57. The predicted octanol–water partition coefficient (Wildman–Crippen LogP) is 16.1. The van der Waals surface area contributed by atoms with Crippen LogP contribution in [0.3, 0.4) is 0 Å². The highest BCUT2D eigenvalue weighted by atomic mass is 16.7. The lowest BCUT2D eigenvalue weighted by Gasteiger charge is -2.29. The van der Waals surface area contributed by atoms with Crippen molar-refractivity contribution in [1.29, 1.82) is 0 Å². The van der Waals surface area contributed by atoms with Crippen LogP contribution in [0, 0.1) is 11.8 Å². The summed E-state index contributed by atoms with van der Waals surface area (Å²) in [6, 6.07) is 0.580. The highest BCUT2D eigenvalue weighted by Gasteiger charge is 2.40. The highest BCUT2D eigenvalue weighted by Crippen LogP contribution is 2.36. The van der Waals surface area contributed by atoms with Crippen LogP contribution in [0.4, 0.5) is 0 Å². The van der Waals surface area contributed by atoms with Gasteiger partial charge in [0.25, 0.3) is 0 Å². The Bertz CT molecular complexity index is 814. The van der Waals surface area contributed by atoms with E-state index < -0.39 is 0 Å². The van der Waals surface area contributed by atoms with Gasteiger partial charge in [0.2, 0.25) is 0 Å². The van der Waals surface area contributed by atoms with E-state index in [9.17, 15) is 9.59 Å². The van der Waals surface area contributed by atoms with E-state index in [1.807, 2.05) is 0 Å². The van der Waals surface area contributed by atoms with Crippen LogP contribution in [-0.4, -0.2) is 83.0 Å². The number of nitrogens with zero attached hydrogens (tertiary/aromatic N) is 1. The third-order valence-corrected chi connectivity index (χ3v) is 13.1. The normalized spacial score (nSPS) is 14.7. The van der Waals surface area contributed by atoms with Crippen molar-refractivity contribution in [3.63, 3.8) is 0 Å². The average Bonchev–Trinajstić information content (AvgIpc) is 3.68. The Morgan fingerprint density at radius 2 is 0.903 bits per heavy atom. The van der Waals surface area contributed by atoms with Crippen molar-refractivity contribution in [3.05, 3.63) is 0 Å². The molecular formula is C55H111NO6. The molecule has 7 nitrogen and oxygen atoms in total. The Hall–Kier alpha value is -0.860. The number of carbonyl (C=O) groups excluding carboxylic acids is 2. The van der Waals surface area contributed by atoms with E-state index in [2.05, 4.69) is 53.5 Å². The monoisotopic (exact) mass is 882 g/mol. The SMILES string of the molecule is CCCCCC(CC=O)CCCCC.CCCCCC(CC=O)CCCCC.COCCCCCCCCCC1(CCCCCCCCCOC)OCC(CCN(C)C(C)C)O1. The lowest BCUT2D eigenvalue weighted by Crippen LogP contribution is -2.33. The number of hydrogen-bond donors (Lipinski definition) is 0. The molecule has 62 heavy (non-hydrogen) atoms. The van der Waals surface area contributed by atoms with Crippen molar-refractivity contribution in [2.45, 2.75) is 284 Å². The number of unbranched alkanes of at least 4 members (excludes halogenated alkanes) is 20. The lowest BCUT2D eigenvalue weighted by atomic mass is 9.93. The summed E-state index contributed by atoms with van der Waals surface area (Å²) in [5.41, 5.74) is 0. The van der Waals surface area contributed by atoms with Gasteiger partial charge in [-0.3, -0.25) is 0 Å². The van der Waals surface area contributed by atoms with E-state index in [1.54, 1.807) is 14.2 Å². The molecule has 1 fully saturated rings. The van der Waals surface area contributed by atoms with Crippen LogP contribution in [0.25, 0.3) is 0 Å². The van der Waals surface area contributed by atoms with E-state index in [0.29, 0.717) is 17.9 Å². The number of carbonyl (C=O) groups is 2. The summed E-state index contributed by atoms with van der Waals surface area (Å²) in [6.45, 7) is 17.1. The largest absolute Gasteiger partial charge is 0.385 e. The molecule has 1 rings (SSSR count). The first-order valence-electron chi connectivity index (χ1n) is 27.1. The van der Waals surface area contributed by atoms with Crippen LogP contribution in [0.15, 0.2) is 0 Å². The molecule has 0 bridgehead atoms. The highest BCUT2D eigenvalue weighted by molar-refractivity contribution is 5.49.